The zero-order valence-electron chi connectivity index (χ0n) is 11.6. The lowest BCUT2D eigenvalue weighted by Gasteiger charge is -2.31. The van der Waals surface area contributed by atoms with Crippen molar-refractivity contribution in [1.29, 1.82) is 0 Å². The Morgan fingerprint density at radius 3 is 2.18 bits per heavy atom. The van der Waals surface area contributed by atoms with E-state index in [0.29, 0.717) is 0 Å². The topological polar surface area (TPSA) is 0 Å². The highest BCUT2D eigenvalue weighted by molar-refractivity contribution is 4.94. The van der Waals surface area contributed by atoms with E-state index in [9.17, 15) is 0 Å². The maximum atomic E-state index is 1.58. The van der Waals surface area contributed by atoms with Gasteiger partial charge in [-0.2, -0.15) is 0 Å². The fourth-order valence-electron chi connectivity index (χ4n) is 5.35. The summed E-state index contributed by atoms with van der Waals surface area (Å²) in [7, 11) is 0. The van der Waals surface area contributed by atoms with Gasteiger partial charge in [-0.25, -0.2) is 0 Å². The standard InChI is InChI=1S/C17H30/c1-2-8-15(7-1)9-5-10-16-11-6-14-17(16)12-3-4-13-17/h15-16H,1-14H2. The summed E-state index contributed by atoms with van der Waals surface area (Å²) in [6.07, 6.45) is 21.8. The average molecular weight is 234 g/mol. The molecular formula is C17H30. The molecule has 3 saturated carbocycles. The third-order valence-electron chi connectivity index (χ3n) is 6.33. The molecule has 98 valence electrons. The van der Waals surface area contributed by atoms with Gasteiger partial charge in [0.05, 0.1) is 0 Å². The molecular weight excluding hydrogens is 204 g/mol. The normalized spacial score (nSPS) is 32.8. The largest absolute Gasteiger partial charge is 0.0530 e. The van der Waals surface area contributed by atoms with Crippen molar-refractivity contribution >= 4 is 0 Å². The van der Waals surface area contributed by atoms with Gasteiger partial charge in [-0.05, 0) is 49.4 Å². The molecule has 3 aliphatic carbocycles. The summed E-state index contributed by atoms with van der Waals surface area (Å²) in [5.41, 5.74) is 0.857. The molecule has 1 spiro atoms. The van der Waals surface area contributed by atoms with Crippen LogP contribution in [-0.2, 0) is 0 Å². The Kier molecular flexibility index (Phi) is 3.78. The van der Waals surface area contributed by atoms with Crippen LogP contribution in [0.3, 0.4) is 0 Å². The molecule has 0 saturated heterocycles. The van der Waals surface area contributed by atoms with Crippen molar-refractivity contribution in [2.75, 3.05) is 0 Å². The lowest BCUT2D eigenvalue weighted by molar-refractivity contribution is 0.190. The predicted octanol–water partition coefficient (Wildman–Crippen LogP) is 5.71. The fourth-order valence-corrected chi connectivity index (χ4v) is 5.35. The molecule has 0 heteroatoms. The summed E-state index contributed by atoms with van der Waals surface area (Å²) in [4.78, 5) is 0. The van der Waals surface area contributed by atoms with Gasteiger partial charge in [0.1, 0.15) is 0 Å². The van der Waals surface area contributed by atoms with Crippen molar-refractivity contribution in [1.82, 2.24) is 0 Å². The molecule has 1 unspecified atom stereocenters. The van der Waals surface area contributed by atoms with Crippen LogP contribution in [0.2, 0.25) is 0 Å². The van der Waals surface area contributed by atoms with Gasteiger partial charge in [0.25, 0.3) is 0 Å². The minimum absolute atomic E-state index is 0.857. The first kappa shape index (κ1) is 12.1. The molecule has 3 fully saturated rings. The maximum absolute atomic E-state index is 1.58. The Morgan fingerprint density at radius 2 is 1.41 bits per heavy atom. The van der Waals surface area contributed by atoms with E-state index in [1.54, 1.807) is 77.0 Å². The van der Waals surface area contributed by atoms with Gasteiger partial charge in [-0.1, -0.05) is 57.8 Å². The molecule has 0 nitrogen and oxygen atoms in total. The second kappa shape index (κ2) is 5.33. The van der Waals surface area contributed by atoms with Crippen molar-refractivity contribution in [2.24, 2.45) is 17.3 Å². The molecule has 1 atom stereocenters. The lowest BCUT2D eigenvalue weighted by atomic mass is 9.74. The smallest absolute Gasteiger partial charge is 0.0269 e. The minimum Gasteiger partial charge on any atom is -0.0530 e. The molecule has 0 amide bonds. The van der Waals surface area contributed by atoms with Crippen LogP contribution in [0.4, 0.5) is 0 Å². The van der Waals surface area contributed by atoms with Crippen LogP contribution in [-0.4, -0.2) is 0 Å². The molecule has 0 aromatic carbocycles. The zero-order valence-corrected chi connectivity index (χ0v) is 11.6. The Balaban J connectivity index is 1.44. The van der Waals surface area contributed by atoms with E-state index in [1.807, 2.05) is 0 Å². The Hall–Kier alpha value is 0. The fraction of sp³-hybridized carbons (Fsp3) is 1.00. The summed E-state index contributed by atoms with van der Waals surface area (Å²) in [5, 5.41) is 0. The molecule has 0 heterocycles. The van der Waals surface area contributed by atoms with Crippen molar-refractivity contribution in [3.05, 3.63) is 0 Å². The van der Waals surface area contributed by atoms with Gasteiger partial charge in [-0.3, -0.25) is 0 Å². The van der Waals surface area contributed by atoms with Crippen LogP contribution < -0.4 is 0 Å². The molecule has 3 aliphatic rings. The van der Waals surface area contributed by atoms with Crippen LogP contribution in [0, 0.1) is 17.3 Å². The third kappa shape index (κ3) is 2.56. The van der Waals surface area contributed by atoms with Crippen LogP contribution in [0.25, 0.3) is 0 Å². The summed E-state index contributed by atoms with van der Waals surface area (Å²) in [6.45, 7) is 0. The second-order valence-electron chi connectivity index (χ2n) is 7.24. The van der Waals surface area contributed by atoms with E-state index in [4.69, 9.17) is 0 Å². The van der Waals surface area contributed by atoms with E-state index >= 15 is 0 Å². The Labute approximate surface area is 108 Å². The van der Waals surface area contributed by atoms with E-state index < -0.39 is 0 Å². The zero-order chi connectivity index (χ0) is 11.6. The van der Waals surface area contributed by atoms with Crippen LogP contribution in [0.15, 0.2) is 0 Å². The van der Waals surface area contributed by atoms with Gasteiger partial charge in [0.15, 0.2) is 0 Å². The highest BCUT2D eigenvalue weighted by Crippen LogP contribution is 2.55. The summed E-state index contributed by atoms with van der Waals surface area (Å²) >= 11 is 0. The second-order valence-corrected chi connectivity index (χ2v) is 7.24. The molecule has 0 N–H and O–H groups in total. The monoisotopic (exact) mass is 234 g/mol. The Morgan fingerprint density at radius 1 is 0.706 bits per heavy atom. The van der Waals surface area contributed by atoms with Gasteiger partial charge in [0, 0.05) is 0 Å². The molecule has 0 radical (unpaired) electrons. The number of hydrogen-bond acceptors (Lipinski definition) is 0. The van der Waals surface area contributed by atoms with Crippen LogP contribution in [0.1, 0.15) is 89.9 Å². The summed E-state index contributed by atoms with van der Waals surface area (Å²) < 4.78 is 0. The first-order valence-corrected chi connectivity index (χ1v) is 8.39. The lowest BCUT2D eigenvalue weighted by Crippen LogP contribution is -2.21. The number of rotatable bonds is 4. The van der Waals surface area contributed by atoms with E-state index in [-0.39, 0.29) is 0 Å². The quantitative estimate of drug-likeness (QED) is 0.584. The summed E-state index contributed by atoms with van der Waals surface area (Å²) in [6, 6.07) is 0. The van der Waals surface area contributed by atoms with Crippen molar-refractivity contribution in [3.63, 3.8) is 0 Å². The van der Waals surface area contributed by atoms with Crippen LogP contribution >= 0.6 is 0 Å². The van der Waals surface area contributed by atoms with E-state index in [2.05, 4.69) is 0 Å². The minimum atomic E-state index is 0.857. The predicted molar refractivity (Wildman–Crippen MR) is 74.1 cm³/mol. The van der Waals surface area contributed by atoms with Gasteiger partial charge < -0.3 is 0 Å². The third-order valence-corrected chi connectivity index (χ3v) is 6.33. The average Bonchev–Trinajstić information content (AvgIpc) is 3.05. The molecule has 0 aliphatic heterocycles. The van der Waals surface area contributed by atoms with Crippen molar-refractivity contribution in [3.8, 4) is 0 Å². The van der Waals surface area contributed by atoms with Gasteiger partial charge in [-0.15, -0.1) is 0 Å². The van der Waals surface area contributed by atoms with Crippen molar-refractivity contribution in [2.45, 2.75) is 89.9 Å². The molecule has 0 bridgehead atoms. The van der Waals surface area contributed by atoms with Gasteiger partial charge in [0.2, 0.25) is 0 Å². The molecule has 0 aromatic rings. The SMILES string of the molecule is C1CCC(CCCC2CCCC23CCCC3)C1. The first-order chi connectivity index (χ1) is 8.39. The van der Waals surface area contributed by atoms with Gasteiger partial charge >= 0.3 is 0 Å². The van der Waals surface area contributed by atoms with E-state index in [0.717, 1.165) is 17.3 Å². The summed E-state index contributed by atoms with van der Waals surface area (Å²) in [5.74, 6) is 2.25. The highest BCUT2D eigenvalue weighted by atomic mass is 14.5. The molecule has 0 aromatic heterocycles. The first-order valence-electron chi connectivity index (χ1n) is 8.39. The molecule has 3 rings (SSSR count). The van der Waals surface area contributed by atoms with Crippen LogP contribution in [0.5, 0.6) is 0 Å². The van der Waals surface area contributed by atoms with E-state index in [1.165, 1.54) is 12.8 Å². The number of hydrogen-bond donors (Lipinski definition) is 0. The molecule has 17 heavy (non-hydrogen) atoms. The maximum Gasteiger partial charge on any atom is -0.0269 e. The highest BCUT2D eigenvalue weighted by Gasteiger charge is 2.43. The Bertz CT molecular complexity index is 225. The van der Waals surface area contributed by atoms with Crippen molar-refractivity contribution < 1.29 is 0 Å².